The number of halogens is 1. The number of imidazole rings is 1. The van der Waals surface area contributed by atoms with E-state index in [0.29, 0.717) is 17.9 Å². The van der Waals surface area contributed by atoms with Crippen molar-refractivity contribution in [3.63, 3.8) is 0 Å². The molecule has 4 rings (SSSR count). The van der Waals surface area contributed by atoms with Gasteiger partial charge >= 0.3 is 69.2 Å². The van der Waals surface area contributed by atoms with Gasteiger partial charge in [0.2, 0.25) is 0 Å². The Hall–Kier alpha value is -1.39. The normalized spacial score (nSPS) is 10.6. The maximum atomic E-state index is 9.42. The minimum Gasteiger partial charge on any atom is -0.390 e. The Labute approximate surface area is 221 Å². The molecule has 0 aliphatic heterocycles. The molecule has 0 amide bonds. The largest absolute Gasteiger partial charge is 0.390 e. The molecule has 0 spiro atoms. The zero-order valence-electron chi connectivity index (χ0n) is 17.8. The van der Waals surface area contributed by atoms with E-state index in [4.69, 9.17) is 11.8 Å². The molecule has 0 aliphatic carbocycles. The molecule has 0 atom stereocenters. The van der Waals surface area contributed by atoms with E-state index in [0.717, 1.165) is 76.9 Å². The summed E-state index contributed by atoms with van der Waals surface area (Å²) >= 11 is 7.07. The molecule has 156 valence electrons. The summed E-state index contributed by atoms with van der Waals surface area (Å²) in [6.07, 6.45) is 4.96. The quantitative estimate of drug-likeness (QED) is 0.402. The Morgan fingerprint density at radius 3 is 2.42 bits per heavy atom. The van der Waals surface area contributed by atoms with Crippen LogP contribution in [0.1, 0.15) is 36.7 Å². The van der Waals surface area contributed by atoms with Gasteiger partial charge in [0, 0.05) is 23.8 Å². The second kappa shape index (κ2) is 12.6. The molecule has 0 unspecified atom stereocenters. The number of unbranched alkanes of at least 4 members (excludes halogenated alkanes) is 1. The van der Waals surface area contributed by atoms with Gasteiger partial charge in [-0.25, -0.2) is 14.2 Å². The number of nitrogens with one attached hydrogen (secondary N) is 1. The molecule has 2 aromatic carbocycles. The Balaban J connectivity index is 0.000000491. The average molecular weight is 463 g/mol. The van der Waals surface area contributed by atoms with Crippen LogP contribution in [0.3, 0.4) is 0 Å². The number of benzene rings is 2. The number of hydrogen-bond acceptors (Lipinski definition) is 5. The van der Waals surface area contributed by atoms with Gasteiger partial charge in [0.1, 0.15) is 6.33 Å². The van der Waals surface area contributed by atoms with E-state index in [9.17, 15) is 5.11 Å². The van der Waals surface area contributed by atoms with Gasteiger partial charge in [0.25, 0.3) is 0 Å². The number of rotatable bonds is 7. The fraction of sp³-hybridized carbons (Fsp3) is 0.273. The SMILES string of the molecule is CCC[CH2][K].OCc1c(Cc2ccc(-c3ccccc3-c3nnn[nH]3)cc2)ncn1Cl. The van der Waals surface area contributed by atoms with E-state index in [2.05, 4.69) is 32.5 Å². The maximum Gasteiger partial charge on any atom is 0.180 e. The second-order valence-corrected chi connectivity index (χ2v) is 9.06. The molecule has 31 heavy (non-hydrogen) atoms. The van der Waals surface area contributed by atoms with E-state index in [1.54, 1.807) is 0 Å². The summed E-state index contributed by atoms with van der Waals surface area (Å²) in [4.78, 5) is 4.26. The molecule has 0 bridgehead atoms. The third kappa shape index (κ3) is 6.55. The van der Waals surface area contributed by atoms with Crippen LogP contribution in [0.15, 0.2) is 54.9 Å². The Bertz CT molecular complexity index is 1060. The maximum absolute atomic E-state index is 9.42. The number of aliphatic hydroxyl groups is 1. The third-order valence-electron chi connectivity index (χ3n) is 4.93. The minimum atomic E-state index is -0.143. The zero-order chi connectivity index (χ0) is 22.1. The van der Waals surface area contributed by atoms with Crippen LogP contribution in [-0.2, 0) is 13.0 Å². The molecule has 0 saturated carbocycles. The molecule has 0 aliphatic rings. The number of nitrogens with zero attached hydrogens (tertiary/aromatic N) is 5. The van der Waals surface area contributed by atoms with Crippen LogP contribution >= 0.6 is 11.8 Å². The number of aromatic nitrogens is 6. The van der Waals surface area contributed by atoms with E-state index in [1.165, 1.54) is 23.8 Å². The number of tetrazole rings is 1. The smallest absolute Gasteiger partial charge is 0.180 e. The molecular formula is C22H24ClKN6O. The van der Waals surface area contributed by atoms with E-state index < -0.39 is 0 Å². The zero-order valence-corrected chi connectivity index (χ0v) is 21.7. The van der Waals surface area contributed by atoms with Crippen molar-refractivity contribution in [1.29, 1.82) is 0 Å². The van der Waals surface area contributed by atoms with Crippen molar-refractivity contribution >= 4 is 60.7 Å². The fourth-order valence-electron chi connectivity index (χ4n) is 3.26. The third-order valence-corrected chi connectivity index (χ3v) is 6.32. The number of hydrogen-bond donors (Lipinski definition) is 2. The first-order valence-electron chi connectivity index (χ1n) is 10.4. The summed E-state index contributed by atoms with van der Waals surface area (Å²) in [5, 5.41) is 23.5. The first-order valence-corrected chi connectivity index (χ1v) is 13.0. The molecule has 0 saturated heterocycles. The molecular weight excluding hydrogens is 439 g/mol. The molecule has 2 aromatic heterocycles. The van der Waals surface area contributed by atoms with Crippen molar-refractivity contribution in [2.24, 2.45) is 0 Å². The minimum absolute atomic E-state index is 0.143. The molecule has 0 radical (unpaired) electrons. The molecule has 7 nitrogen and oxygen atoms in total. The summed E-state index contributed by atoms with van der Waals surface area (Å²) in [5.41, 5.74) is 5.50. The van der Waals surface area contributed by atoms with Crippen LogP contribution in [0.4, 0.5) is 0 Å². The van der Waals surface area contributed by atoms with Gasteiger partial charge in [-0.3, -0.25) is 0 Å². The van der Waals surface area contributed by atoms with Crippen LogP contribution < -0.4 is 0 Å². The number of H-pyrrole nitrogens is 1. The van der Waals surface area contributed by atoms with E-state index in [-0.39, 0.29) is 6.61 Å². The van der Waals surface area contributed by atoms with E-state index >= 15 is 0 Å². The molecule has 2 heterocycles. The summed E-state index contributed by atoms with van der Waals surface area (Å²) in [7, 11) is 0. The number of aromatic amines is 1. The van der Waals surface area contributed by atoms with Gasteiger partial charge in [0.05, 0.1) is 18.0 Å². The molecule has 4 aromatic rings. The molecule has 0 fully saturated rings. The summed E-state index contributed by atoms with van der Waals surface area (Å²) < 4.78 is 2.86. The predicted octanol–water partition coefficient (Wildman–Crippen LogP) is 4.19. The Kier molecular flexibility index (Phi) is 9.85. The molecule has 2 N–H and O–H groups in total. The van der Waals surface area contributed by atoms with Crippen LogP contribution in [-0.4, -0.2) is 83.8 Å². The van der Waals surface area contributed by atoms with Crippen molar-refractivity contribution in [3.05, 3.63) is 71.8 Å². The number of aliphatic hydroxyl groups excluding tert-OH is 1. The summed E-state index contributed by atoms with van der Waals surface area (Å²) in [5.74, 6) is 0.630. The topological polar surface area (TPSA) is 92.5 Å². The van der Waals surface area contributed by atoms with Gasteiger partial charge in [-0.15, -0.1) is 5.10 Å². The van der Waals surface area contributed by atoms with Crippen molar-refractivity contribution in [2.45, 2.75) is 33.3 Å². The van der Waals surface area contributed by atoms with Crippen LogP contribution in [0.25, 0.3) is 22.5 Å². The van der Waals surface area contributed by atoms with Crippen LogP contribution in [0.2, 0.25) is 0.515 Å². The first kappa shape index (κ1) is 24.3. The van der Waals surface area contributed by atoms with E-state index in [1.807, 2.05) is 48.5 Å². The summed E-state index contributed by atoms with van der Waals surface area (Å²) in [6, 6.07) is 16.1. The monoisotopic (exact) mass is 462 g/mol. The fourth-order valence-corrected chi connectivity index (χ4v) is 4.56. The van der Waals surface area contributed by atoms with Crippen LogP contribution in [0, 0.1) is 0 Å². The van der Waals surface area contributed by atoms with Gasteiger partial charge in [-0.1, -0.05) is 48.5 Å². The first-order chi connectivity index (χ1) is 15.2. The second-order valence-electron chi connectivity index (χ2n) is 7.13. The van der Waals surface area contributed by atoms with Crippen molar-refractivity contribution < 1.29 is 5.11 Å². The summed E-state index contributed by atoms with van der Waals surface area (Å²) in [6.45, 7) is 2.10. The van der Waals surface area contributed by atoms with Crippen LogP contribution in [0.5, 0.6) is 0 Å². The van der Waals surface area contributed by atoms with Crippen molar-refractivity contribution in [2.75, 3.05) is 0 Å². The van der Waals surface area contributed by atoms with Gasteiger partial charge < -0.3 is 5.11 Å². The standard InChI is InChI=1S/C18H15ClN6O.C4H9.K/c19-25-11-20-16(17(25)10-26)9-12-5-7-13(8-6-12)14-3-1-2-4-15(14)18-21-23-24-22-18;1-3-4-2;/h1-8,11,26H,9-10H2,(H,21,22,23,24);1,3-4H2,2H3;. The molecule has 9 heteroatoms. The Morgan fingerprint density at radius 2 is 1.84 bits per heavy atom. The Morgan fingerprint density at radius 1 is 1.10 bits per heavy atom. The predicted molar refractivity (Wildman–Crippen MR) is 123 cm³/mol. The van der Waals surface area contributed by atoms with Gasteiger partial charge in [-0.2, -0.15) is 0 Å². The van der Waals surface area contributed by atoms with Crippen molar-refractivity contribution in [3.8, 4) is 22.5 Å². The van der Waals surface area contributed by atoms with Crippen molar-refractivity contribution in [1.82, 2.24) is 29.7 Å². The van der Waals surface area contributed by atoms with Gasteiger partial charge in [-0.05, 0) is 27.1 Å². The average Bonchev–Trinajstić information content (AvgIpc) is 3.45. The van der Waals surface area contributed by atoms with Gasteiger partial charge in [0.15, 0.2) is 5.82 Å².